The second kappa shape index (κ2) is 9.97. The summed E-state index contributed by atoms with van der Waals surface area (Å²) in [7, 11) is 0. The zero-order valence-corrected chi connectivity index (χ0v) is 18.5. The molecular formula is C24H22ClFN4O3. The van der Waals surface area contributed by atoms with Crippen LogP contribution in [0.4, 0.5) is 21.5 Å². The fourth-order valence-corrected chi connectivity index (χ4v) is 3.99. The number of hydrogen-bond acceptors (Lipinski definition) is 5. The SMILES string of the molecule is O=C(Nc1ccc(N2CCN(Cc3ccccc3F)CC2)cc1)c1cc([N+](=O)[O-])ccc1Cl. The number of anilines is 2. The lowest BCUT2D eigenvalue weighted by Crippen LogP contribution is -2.46. The minimum atomic E-state index is -0.571. The number of nitrogens with one attached hydrogen (secondary N) is 1. The smallest absolute Gasteiger partial charge is 0.270 e. The normalized spacial score (nSPS) is 14.2. The average molecular weight is 469 g/mol. The number of rotatable bonds is 6. The highest BCUT2D eigenvalue weighted by atomic mass is 35.5. The van der Waals surface area contributed by atoms with Crippen molar-refractivity contribution in [1.29, 1.82) is 0 Å². The van der Waals surface area contributed by atoms with Crippen molar-refractivity contribution in [1.82, 2.24) is 4.90 Å². The predicted molar refractivity (Wildman–Crippen MR) is 126 cm³/mol. The van der Waals surface area contributed by atoms with Gasteiger partial charge in [-0.25, -0.2) is 4.39 Å². The predicted octanol–water partition coefficient (Wildman–Crippen LogP) is 4.96. The summed E-state index contributed by atoms with van der Waals surface area (Å²) in [5, 5.41) is 13.8. The molecule has 1 heterocycles. The number of carbonyl (C=O) groups excluding carboxylic acids is 1. The van der Waals surface area contributed by atoms with Gasteiger partial charge < -0.3 is 10.2 Å². The van der Waals surface area contributed by atoms with Crippen molar-refractivity contribution in [2.75, 3.05) is 36.4 Å². The van der Waals surface area contributed by atoms with Crippen molar-refractivity contribution in [3.8, 4) is 0 Å². The van der Waals surface area contributed by atoms with E-state index in [0.717, 1.165) is 37.9 Å². The van der Waals surface area contributed by atoms with Gasteiger partial charge in [-0.3, -0.25) is 19.8 Å². The van der Waals surface area contributed by atoms with E-state index in [1.807, 2.05) is 24.3 Å². The van der Waals surface area contributed by atoms with Crippen LogP contribution in [-0.2, 0) is 6.54 Å². The average Bonchev–Trinajstić information content (AvgIpc) is 2.82. The van der Waals surface area contributed by atoms with Crippen molar-refractivity contribution in [2.24, 2.45) is 0 Å². The molecule has 1 aliphatic rings. The van der Waals surface area contributed by atoms with Gasteiger partial charge in [0.15, 0.2) is 0 Å². The highest BCUT2D eigenvalue weighted by Gasteiger charge is 2.19. The number of benzene rings is 3. The Labute approximate surface area is 195 Å². The Morgan fingerprint density at radius 2 is 1.73 bits per heavy atom. The van der Waals surface area contributed by atoms with Crippen molar-refractivity contribution < 1.29 is 14.1 Å². The lowest BCUT2D eigenvalue weighted by molar-refractivity contribution is -0.384. The van der Waals surface area contributed by atoms with E-state index in [2.05, 4.69) is 15.1 Å². The van der Waals surface area contributed by atoms with Gasteiger partial charge in [-0.2, -0.15) is 0 Å². The van der Waals surface area contributed by atoms with Crippen LogP contribution in [0.2, 0.25) is 5.02 Å². The second-order valence-corrected chi connectivity index (χ2v) is 8.18. The molecule has 0 atom stereocenters. The molecule has 170 valence electrons. The number of amides is 1. The van der Waals surface area contributed by atoms with E-state index in [1.165, 1.54) is 18.2 Å². The van der Waals surface area contributed by atoms with E-state index in [9.17, 15) is 19.3 Å². The molecule has 1 fully saturated rings. The van der Waals surface area contributed by atoms with Gasteiger partial charge in [0.05, 0.1) is 15.5 Å². The molecule has 0 unspecified atom stereocenters. The first-order valence-electron chi connectivity index (χ1n) is 10.5. The zero-order valence-electron chi connectivity index (χ0n) is 17.7. The Hall–Kier alpha value is -3.49. The van der Waals surface area contributed by atoms with Crippen LogP contribution >= 0.6 is 11.6 Å². The second-order valence-electron chi connectivity index (χ2n) is 7.78. The van der Waals surface area contributed by atoms with Gasteiger partial charge >= 0.3 is 0 Å². The number of nitrogens with zero attached hydrogens (tertiary/aromatic N) is 3. The Morgan fingerprint density at radius 1 is 1.03 bits per heavy atom. The summed E-state index contributed by atoms with van der Waals surface area (Å²) < 4.78 is 13.9. The summed E-state index contributed by atoms with van der Waals surface area (Å²) in [6.45, 7) is 3.84. The van der Waals surface area contributed by atoms with Gasteiger partial charge in [-0.05, 0) is 36.4 Å². The van der Waals surface area contributed by atoms with Crippen LogP contribution in [0.15, 0.2) is 66.7 Å². The van der Waals surface area contributed by atoms with Crippen LogP contribution in [0, 0.1) is 15.9 Å². The largest absolute Gasteiger partial charge is 0.369 e. The van der Waals surface area contributed by atoms with Gasteiger partial charge in [-0.1, -0.05) is 29.8 Å². The van der Waals surface area contributed by atoms with Crippen molar-refractivity contribution in [3.05, 3.63) is 98.8 Å². The minimum absolute atomic E-state index is 0.0425. The molecule has 3 aromatic carbocycles. The molecular weight excluding hydrogens is 447 g/mol. The third kappa shape index (κ3) is 5.47. The standard InChI is InChI=1S/C24H22ClFN4O3/c25-22-10-9-20(30(32)33)15-21(22)24(31)27-18-5-7-19(8-6-18)29-13-11-28(12-14-29)16-17-3-1-2-4-23(17)26/h1-10,15H,11-14,16H2,(H,27,31). The number of non-ortho nitro benzene ring substituents is 1. The van der Waals surface area contributed by atoms with Crippen LogP contribution in [0.5, 0.6) is 0 Å². The quantitative estimate of drug-likeness (QED) is 0.408. The fraction of sp³-hybridized carbons (Fsp3) is 0.208. The molecule has 0 spiro atoms. The topological polar surface area (TPSA) is 78.7 Å². The molecule has 0 saturated carbocycles. The van der Waals surface area contributed by atoms with Gasteiger partial charge in [0, 0.05) is 61.8 Å². The van der Waals surface area contributed by atoms with Gasteiger partial charge in [-0.15, -0.1) is 0 Å². The molecule has 1 saturated heterocycles. The van der Waals surface area contributed by atoms with Gasteiger partial charge in [0.25, 0.3) is 11.6 Å². The Balaban J connectivity index is 1.34. The molecule has 0 bridgehead atoms. The molecule has 0 aromatic heterocycles. The number of piperazine rings is 1. The number of nitro benzene ring substituents is 1. The molecule has 1 N–H and O–H groups in total. The number of halogens is 2. The Bertz CT molecular complexity index is 1160. The Kier molecular flexibility index (Phi) is 6.86. The Morgan fingerprint density at radius 3 is 2.39 bits per heavy atom. The molecule has 7 nitrogen and oxygen atoms in total. The van der Waals surface area contributed by atoms with E-state index in [-0.39, 0.29) is 22.1 Å². The number of hydrogen-bond donors (Lipinski definition) is 1. The molecule has 3 aromatic rings. The molecule has 9 heteroatoms. The third-order valence-corrected chi connectivity index (χ3v) is 5.95. The lowest BCUT2D eigenvalue weighted by Gasteiger charge is -2.36. The van der Waals surface area contributed by atoms with E-state index in [4.69, 9.17) is 11.6 Å². The minimum Gasteiger partial charge on any atom is -0.369 e. The molecule has 1 amide bonds. The van der Waals surface area contributed by atoms with Crippen LogP contribution in [0.25, 0.3) is 0 Å². The summed E-state index contributed by atoms with van der Waals surface area (Å²) in [4.78, 5) is 27.4. The van der Waals surface area contributed by atoms with Crippen LogP contribution < -0.4 is 10.2 Å². The molecule has 1 aliphatic heterocycles. The van der Waals surface area contributed by atoms with E-state index in [0.29, 0.717) is 17.8 Å². The van der Waals surface area contributed by atoms with E-state index < -0.39 is 10.8 Å². The van der Waals surface area contributed by atoms with Crippen LogP contribution in [0.3, 0.4) is 0 Å². The van der Waals surface area contributed by atoms with Gasteiger partial charge in [0.1, 0.15) is 5.82 Å². The first kappa shape index (κ1) is 22.7. The third-order valence-electron chi connectivity index (χ3n) is 5.62. The van der Waals surface area contributed by atoms with Crippen LogP contribution in [0.1, 0.15) is 15.9 Å². The first-order valence-corrected chi connectivity index (χ1v) is 10.8. The summed E-state index contributed by atoms with van der Waals surface area (Å²) >= 11 is 6.05. The summed E-state index contributed by atoms with van der Waals surface area (Å²) in [5.74, 6) is -0.692. The molecule has 4 rings (SSSR count). The number of carbonyl (C=O) groups is 1. The number of nitro groups is 1. The highest BCUT2D eigenvalue weighted by molar-refractivity contribution is 6.34. The summed E-state index contributed by atoms with van der Waals surface area (Å²) in [6.07, 6.45) is 0. The van der Waals surface area contributed by atoms with Crippen molar-refractivity contribution >= 4 is 34.6 Å². The van der Waals surface area contributed by atoms with Crippen molar-refractivity contribution in [3.63, 3.8) is 0 Å². The zero-order chi connectivity index (χ0) is 23.4. The van der Waals surface area contributed by atoms with E-state index >= 15 is 0 Å². The molecule has 33 heavy (non-hydrogen) atoms. The fourth-order valence-electron chi connectivity index (χ4n) is 3.79. The van der Waals surface area contributed by atoms with Gasteiger partial charge in [0.2, 0.25) is 0 Å². The maximum Gasteiger partial charge on any atom is 0.270 e. The van der Waals surface area contributed by atoms with E-state index in [1.54, 1.807) is 18.2 Å². The summed E-state index contributed by atoms with van der Waals surface area (Å²) in [6, 6.07) is 18.0. The summed E-state index contributed by atoms with van der Waals surface area (Å²) in [5.41, 5.74) is 2.13. The maximum absolute atomic E-state index is 13.9. The first-order chi connectivity index (χ1) is 15.9. The van der Waals surface area contributed by atoms with Crippen LogP contribution in [-0.4, -0.2) is 41.9 Å². The maximum atomic E-state index is 13.9. The monoisotopic (exact) mass is 468 g/mol. The highest BCUT2D eigenvalue weighted by Crippen LogP contribution is 2.25. The molecule has 0 radical (unpaired) electrons. The lowest BCUT2D eigenvalue weighted by atomic mass is 10.1. The molecule has 0 aliphatic carbocycles. The van der Waals surface area contributed by atoms with Crippen molar-refractivity contribution in [2.45, 2.75) is 6.54 Å².